The van der Waals surface area contributed by atoms with E-state index in [1.54, 1.807) is 12.1 Å². The van der Waals surface area contributed by atoms with Crippen LogP contribution >= 0.6 is 0 Å². The number of carbonyl (C=O) groups is 1. The van der Waals surface area contributed by atoms with Crippen molar-refractivity contribution in [1.82, 2.24) is 0 Å². The largest absolute Gasteiger partial charge is 0.465 e. The minimum absolute atomic E-state index is 0.300. The SMILES string of the molecule is [CH2]Cc1ccc(C(=O)OC)cc1. The average molecular weight is 163 g/mol. The maximum absolute atomic E-state index is 11.0. The van der Waals surface area contributed by atoms with Crippen LogP contribution in [0, 0.1) is 6.92 Å². The lowest BCUT2D eigenvalue weighted by molar-refractivity contribution is 0.0601. The molecule has 0 aliphatic rings. The Morgan fingerprint density at radius 1 is 1.42 bits per heavy atom. The first-order chi connectivity index (χ1) is 5.77. The fraction of sp³-hybridized carbons (Fsp3) is 0.200. The molecular weight excluding hydrogens is 152 g/mol. The Labute approximate surface area is 72.2 Å². The zero-order valence-corrected chi connectivity index (χ0v) is 7.04. The Balaban J connectivity index is 2.84. The molecular formula is C10H11O2. The molecule has 0 bridgehead atoms. The van der Waals surface area contributed by atoms with Gasteiger partial charge in [-0.15, -0.1) is 0 Å². The van der Waals surface area contributed by atoms with Gasteiger partial charge in [-0.25, -0.2) is 4.79 Å². The summed E-state index contributed by atoms with van der Waals surface area (Å²) < 4.78 is 4.56. The predicted molar refractivity (Wildman–Crippen MR) is 46.8 cm³/mol. The monoisotopic (exact) mass is 163 g/mol. The van der Waals surface area contributed by atoms with Crippen molar-refractivity contribution in [2.24, 2.45) is 0 Å². The van der Waals surface area contributed by atoms with Crippen LogP contribution < -0.4 is 0 Å². The second kappa shape index (κ2) is 3.90. The molecule has 0 atom stereocenters. The molecule has 0 fully saturated rings. The third-order valence-corrected chi connectivity index (χ3v) is 1.66. The smallest absolute Gasteiger partial charge is 0.337 e. The van der Waals surface area contributed by atoms with E-state index in [9.17, 15) is 4.79 Å². The van der Waals surface area contributed by atoms with Crippen LogP contribution in [0.2, 0.25) is 0 Å². The second-order valence-electron chi connectivity index (χ2n) is 2.44. The lowest BCUT2D eigenvalue weighted by atomic mass is 10.1. The van der Waals surface area contributed by atoms with E-state index in [2.05, 4.69) is 11.7 Å². The van der Waals surface area contributed by atoms with E-state index in [-0.39, 0.29) is 5.97 Å². The van der Waals surface area contributed by atoms with Gasteiger partial charge < -0.3 is 4.74 Å². The summed E-state index contributed by atoms with van der Waals surface area (Å²) >= 11 is 0. The number of carbonyl (C=O) groups excluding carboxylic acids is 1. The highest BCUT2D eigenvalue weighted by molar-refractivity contribution is 5.89. The van der Waals surface area contributed by atoms with Gasteiger partial charge in [-0.05, 0) is 31.0 Å². The number of benzene rings is 1. The van der Waals surface area contributed by atoms with Crippen molar-refractivity contribution in [2.75, 3.05) is 7.11 Å². The number of methoxy groups -OCH3 is 1. The van der Waals surface area contributed by atoms with E-state index in [0.717, 1.165) is 12.0 Å². The predicted octanol–water partition coefficient (Wildman–Crippen LogP) is 1.85. The highest BCUT2D eigenvalue weighted by atomic mass is 16.5. The van der Waals surface area contributed by atoms with E-state index in [4.69, 9.17) is 0 Å². The van der Waals surface area contributed by atoms with Crippen LogP contribution in [0.3, 0.4) is 0 Å². The van der Waals surface area contributed by atoms with Crippen LogP contribution in [-0.2, 0) is 11.2 Å². The van der Waals surface area contributed by atoms with Crippen LogP contribution in [0.5, 0.6) is 0 Å². The number of rotatable bonds is 2. The fourth-order valence-electron chi connectivity index (χ4n) is 0.925. The fourth-order valence-corrected chi connectivity index (χ4v) is 0.925. The van der Waals surface area contributed by atoms with Crippen molar-refractivity contribution in [3.05, 3.63) is 42.3 Å². The molecule has 12 heavy (non-hydrogen) atoms. The first kappa shape index (κ1) is 8.78. The minimum atomic E-state index is -0.300. The molecule has 2 nitrogen and oxygen atoms in total. The molecule has 0 aliphatic heterocycles. The molecule has 0 saturated heterocycles. The van der Waals surface area contributed by atoms with Gasteiger partial charge in [-0.3, -0.25) is 0 Å². The molecule has 2 heteroatoms. The van der Waals surface area contributed by atoms with Crippen LogP contribution in [0.15, 0.2) is 24.3 Å². The lowest BCUT2D eigenvalue weighted by Gasteiger charge is -1.99. The van der Waals surface area contributed by atoms with Gasteiger partial charge in [0.1, 0.15) is 0 Å². The number of esters is 1. The third-order valence-electron chi connectivity index (χ3n) is 1.66. The molecule has 0 saturated carbocycles. The van der Waals surface area contributed by atoms with Crippen molar-refractivity contribution < 1.29 is 9.53 Å². The summed E-state index contributed by atoms with van der Waals surface area (Å²) in [4.78, 5) is 11.0. The summed E-state index contributed by atoms with van der Waals surface area (Å²) in [6, 6.07) is 7.23. The Morgan fingerprint density at radius 2 is 2.00 bits per heavy atom. The van der Waals surface area contributed by atoms with Crippen molar-refractivity contribution in [3.8, 4) is 0 Å². The molecule has 1 aromatic carbocycles. The Morgan fingerprint density at radius 3 is 2.42 bits per heavy atom. The van der Waals surface area contributed by atoms with E-state index < -0.39 is 0 Å². The number of ether oxygens (including phenoxy) is 1. The van der Waals surface area contributed by atoms with Crippen molar-refractivity contribution in [1.29, 1.82) is 0 Å². The van der Waals surface area contributed by atoms with Crippen molar-refractivity contribution in [3.63, 3.8) is 0 Å². The maximum Gasteiger partial charge on any atom is 0.337 e. The van der Waals surface area contributed by atoms with Crippen LogP contribution in [-0.4, -0.2) is 13.1 Å². The Hall–Kier alpha value is -1.31. The molecule has 0 amide bonds. The zero-order chi connectivity index (χ0) is 8.97. The van der Waals surface area contributed by atoms with E-state index in [1.165, 1.54) is 7.11 Å². The van der Waals surface area contributed by atoms with Crippen LogP contribution in [0.25, 0.3) is 0 Å². The Bertz CT molecular complexity index is 262. The standard InChI is InChI=1S/C10H11O2/c1-3-8-4-6-9(7-5-8)10(11)12-2/h4-7H,1,3H2,2H3. The van der Waals surface area contributed by atoms with Crippen LogP contribution in [0.1, 0.15) is 15.9 Å². The molecule has 63 valence electrons. The van der Waals surface area contributed by atoms with Gasteiger partial charge in [-0.2, -0.15) is 0 Å². The minimum Gasteiger partial charge on any atom is -0.465 e. The summed E-state index contributed by atoms with van der Waals surface area (Å²) in [7, 11) is 1.37. The molecule has 0 unspecified atom stereocenters. The van der Waals surface area contributed by atoms with Gasteiger partial charge in [0.25, 0.3) is 0 Å². The highest BCUT2D eigenvalue weighted by Crippen LogP contribution is 2.05. The summed E-state index contributed by atoms with van der Waals surface area (Å²) in [6.07, 6.45) is 0.738. The first-order valence-electron chi connectivity index (χ1n) is 3.74. The van der Waals surface area contributed by atoms with Gasteiger partial charge in [-0.1, -0.05) is 12.1 Å². The summed E-state index contributed by atoms with van der Waals surface area (Å²) in [5, 5.41) is 0. The summed E-state index contributed by atoms with van der Waals surface area (Å²) in [5.41, 5.74) is 1.69. The number of hydrogen-bond acceptors (Lipinski definition) is 2. The van der Waals surface area contributed by atoms with Crippen molar-refractivity contribution in [2.45, 2.75) is 6.42 Å². The van der Waals surface area contributed by atoms with Gasteiger partial charge in [0, 0.05) is 0 Å². The number of hydrogen-bond donors (Lipinski definition) is 0. The van der Waals surface area contributed by atoms with E-state index in [1.807, 2.05) is 12.1 Å². The average Bonchev–Trinajstić information content (AvgIpc) is 2.17. The molecule has 0 N–H and O–H groups in total. The molecule has 0 spiro atoms. The summed E-state index contributed by atoms with van der Waals surface area (Å²) in [6.45, 7) is 3.73. The maximum atomic E-state index is 11.0. The van der Waals surface area contributed by atoms with Gasteiger partial charge in [0.2, 0.25) is 0 Å². The van der Waals surface area contributed by atoms with Crippen molar-refractivity contribution >= 4 is 5.97 Å². The molecule has 1 aromatic rings. The van der Waals surface area contributed by atoms with Gasteiger partial charge in [0.05, 0.1) is 12.7 Å². The normalized spacial score (nSPS) is 9.50. The lowest BCUT2D eigenvalue weighted by Crippen LogP contribution is -2.00. The quantitative estimate of drug-likeness (QED) is 0.622. The molecule has 0 heterocycles. The second-order valence-corrected chi connectivity index (χ2v) is 2.44. The first-order valence-corrected chi connectivity index (χ1v) is 3.74. The van der Waals surface area contributed by atoms with Gasteiger partial charge >= 0.3 is 5.97 Å². The summed E-state index contributed by atoms with van der Waals surface area (Å²) in [5.74, 6) is -0.300. The zero-order valence-electron chi connectivity index (χ0n) is 7.04. The topological polar surface area (TPSA) is 26.3 Å². The Kier molecular flexibility index (Phi) is 2.86. The van der Waals surface area contributed by atoms with Crippen LogP contribution in [0.4, 0.5) is 0 Å². The highest BCUT2D eigenvalue weighted by Gasteiger charge is 2.02. The van der Waals surface area contributed by atoms with E-state index >= 15 is 0 Å². The van der Waals surface area contributed by atoms with E-state index in [0.29, 0.717) is 5.56 Å². The van der Waals surface area contributed by atoms with Gasteiger partial charge in [0.15, 0.2) is 0 Å². The molecule has 0 aliphatic carbocycles. The third kappa shape index (κ3) is 1.84. The molecule has 0 aromatic heterocycles. The molecule has 1 radical (unpaired) electrons. The molecule has 1 rings (SSSR count).